The highest BCUT2D eigenvalue weighted by Gasteiger charge is 2.25. The van der Waals surface area contributed by atoms with Gasteiger partial charge in [0.25, 0.3) is 0 Å². The van der Waals surface area contributed by atoms with Gasteiger partial charge in [-0.1, -0.05) is 11.6 Å². The van der Waals surface area contributed by atoms with E-state index in [1.54, 1.807) is 10.7 Å². The summed E-state index contributed by atoms with van der Waals surface area (Å²) in [5.74, 6) is -0.953. The van der Waals surface area contributed by atoms with Gasteiger partial charge in [-0.15, -0.1) is 0 Å². The van der Waals surface area contributed by atoms with Gasteiger partial charge in [-0.3, -0.25) is 0 Å². The number of hydrogen-bond acceptors (Lipinski definition) is 2. The fourth-order valence-corrected chi connectivity index (χ4v) is 3.72. The van der Waals surface area contributed by atoms with Crippen LogP contribution in [-0.4, -0.2) is 20.9 Å². The summed E-state index contributed by atoms with van der Waals surface area (Å²) in [7, 11) is 0. The van der Waals surface area contributed by atoms with Crippen molar-refractivity contribution in [2.24, 2.45) is 0 Å². The van der Waals surface area contributed by atoms with Crippen LogP contribution in [0.3, 0.4) is 0 Å². The average molecular weight is 403 g/mol. The molecule has 0 fully saturated rings. The first kappa shape index (κ1) is 13.9. The summed E-state index contributed by atoms with van der Waals surface area (Å²) in [4.78, 5) is 11.4. The second-order valence-electron chi connectivity index (χ2n) is 4.79. The Hall–Kier alpha value is -1.08. The molecule has 1 N–H and O–H groups in total. The zero-order valence-corrected chi connectivity index (χ0v) is 13.5. The van der Waals surface area contributed by atoms with Gasteiger partial charge in [-0.05, 0) is 66.5 Å². The Kier molecular flexibility index (Phi) is 3.72. The third-order valence-corrected chi connectivity index (χ3v) is 4.62. The maximum absolute atomic E-state index is 11.4. The van der Waals surface area contributed by atoms with Crippen LogP contribution in [0.4, 0.5) is 0 Å². The number of halogens is 2. The molecular weight excluding hydrogens is 391 g/mol. The summed E-state index contributed by atoms with van der Waals surface area (Å²) < 4.78 is 2.73. The summed E-state index contributed by atoms with van der Waals surface area (Å²) in [5.41, 5.74) is 2.98. The minimum Gasteiger partial charge on any atom is -0.476 e. The molecule has 0 saturated heterocycles. The zero-order valence-electron chi connectivity index (χ0n) is 10.6. The zero-order chi connectivity index (χ0) is 14.3. The van der Waals surface area contributed by atoms with Crippen LogP contribution in [-0.2, 0) is 12.8 Å². The molecule has 0 amide bonds. The number of carboxylic acids is 1. The van der Waals surface area contributed by atoms with Crippen LogP contribution in [0.15, 0.2) is 18.2 Å². The van der Waals surface area contributed by atoms with Gasteiger partial charge in [0.2, 0.25) is 0 Å². The Morgan fingerprint density at radius 3 is 2.80 bits per heavy atom. The molecule has 104 valence electrons. The maximum Gasteiger partial charge on any atom is 0.356 e. The smallest absolute Gasteiger partial charge is 0.356 e. The normalized spacial score (nSPS) is 14.1. The van der Waals surface area contributed by atoms with Crippen molar-refractivity contribution in [3.8, 4) is 5.69 Å². The molecule has 0 bridgehead atoms. The van der Waals surface area contributed by atoms with Crippen LogP contribution in [0.2, 0.25) is 5.02 Å². The standard InChI is InChI=1S/C14H12ClIN2O2/c15-8-5-6-12(10(16)7-8)18-11-4-2-1-3-9(11)13(17-18)14(19)20/h5-7H,1-4H2,(H,19,20). The molecule has 1 heterocycles. The van der Waals surface area contributed by atoms with E-state index in [9.17, 15) is 9.90 Å². The first-order chi connectivity index (χ1) is 9.58. The Bertz CT molecular complexity index is 697. The van der Waals surface area contributed by atoms with Gasteiger partial charge in [0.15, 0.2) is 5.69 Å². The predicted molar refractivity (Wildman–Crippen MR) is 84.9 cm³/mol. The van der Waals surface area contributed by atoms with Gasteiger partial charge in [-0.25, -0.2) is 9.48 Å². The van der Waals surface area contributed by atoms with E-state index in [2.05, 4.69) is 27.7 Å². The fraction of sp³-hybridized carbons (Fsp3) is 0.286. The molecular formula is C14H12ClIN2O2. The number of carboxylic acid groups (broad SMARTS) is 1. The molecule has 1 aliphatic carbocycles. The van der Waals surface area contributed by atoms with Gasteiger partial charge in [0.05, 0.1) is 5.69 Å². The average Bonchev–Trinajstić information content (AvgIpc) is 2.78. The Morgan fingerprint density at radius 1 is 1.35 bits per heavy atom. The highest BCUT2D eigenvalue weighted by atomic mass is 127. The minimum absolute atomic E-state index is 0.186. The van der Waals surface area contributed by atoms with Gasteiger partial charge in [-0.2, -0.15) is 5.10 Å². The van der Waals surface area contributed by atoms with Crippen molar-refractivity contribution in [2.45, 2.75) is 25.7 Å². The van der Waals surface area contributed by atoms with Crippen molar-refractivity contribution < 1.29 is 9.90 Å². The van der Waals surface area contributed by atoms with Crippen LogP contribution < -0.4 is 0 Å². The molecule has 1 aromatic carbocycles. The number of rotatable bonds is 2. The third kappa shape index (κ3) is 2.33. The number of aromatic nitrogens is 2. The molecule has 6 heteroatoms. The second kappa shape index (κ2) is 5.37. The van der Waals surface area contributed by atoms with E-state index in [0.29, 0.717) is 5.02 Å². The molecule has 0 atom stereocenters. The van der Waals surface area contributed by atoms with E-state index < -0.39 is 5.97 Å². The van der Waals surface area contributed by atoms with Gasteiger partial charge < -0.3 is 5.11 Å². The third-order valence-electron chi connectivity index (χ3n) is 3.52. The van der Waals surface area contributed by atoms with Crippen molar-refractivity contribution in [3.63, 3.8) is 0 Å². The quantitative estimate of drug-likeness (QED) is 0.779. The number of hydrogen-bond donors (Lipinski definition) is 1. The fourth-order valence-electron chi connectivity index (χ4n) is 2.62. The molecule has 0 unspecified atom stereocenters. The molecule has 20 heavy (non-hydrogen) atoms. The van der Waals surface area contributed by atoms with Crippen LogP contribution in [0.1, 0.15) is 34.6 Å². The van der Waals surface area contributed by atoms with Gasteiger partial charge in [0.1, 0.15) is 0 Å². The van der Waals surface area contributed by atoms with Crippen LogP contribution in [0.25, 0.3) is 5.69 Å². The first-order valence-corrected chi connectivity index (χ1v) is 7.83. The number of aromatic carboxylic acids is 1. The van der Waals surface area contributed by atoms with E-state index in [1.807, 2.05) is 12.1 Å². The summed E-state index contributed by atoms with van der Waals surface area (Å²) in [5, 5.41) is 14.3. The van der Waals surface area contributed by atoms with Crippen molar-refractivity contribution in [1.29, 1.82) is 0 Å². The lowest BCUT2D eigenvalue weighted by Crippen LogP contribution is -2.09. The Morgan fingerprint density at radius 2 is 2.10 bits per heavy atom. The topological polar surface area (TPSA) is 55.1 Å². The molecule has 2 aromatic rings. The van der Waals surface area contributed by atoms with E-state index >= 15 is 0 Å². The Balaban J connectivity index is 2.21. The van der Waals surface area contributed by atoms with E-state index in [-0.39, 0.29) is 5.69 Å². The molecule has 1 aromatic heterocycles. The highest BCUT2D eigenvalue weighted by Crippen LogP contribution is 2.29. The van der Waals surface area contributed by atoms with Crippen LogP contribution >= 0.6 is 34.2 Å². The van der Waals surface area contributed by atoms with Gasteiger partial charge in [0, 0.05) is 19.9 Å². The molecule has 0 radical (unpaired) electrons. The lowest BCUT2D eigenvalue weighted by molar-refractivity contribution is 0.0688. The van der Waals surface area contributed by atoms with Crippen molar-refractivity contribution in [2.75, 3.05) is 0 Å². The van der Waals surface area contributed by atoms with E-state index in [1.165, 1.54) is 0 Å². The molecule has 0 spiro atoms. The second-order valence-corrected chi connectivity index (χ2v) is 6.39. The molecule has 1 aliphatic rings. The number of fused-ring (bicyclic) bond motifs is 1. The van der Waals surface area contributed by atoms with Crippen LogP contribution in [0.5, 0.6) is 0 Å². The minimum atomic E-state index is -0.953. The largest absolute Gasteiger partial charge is 0.476 e. The highest BCUT2D eigenvalue weighted by molar-refractivity contribution is 14.1. The lowest BCUT2D eigenvalue weighted by atomic mass is 9.95. The summed E-state index contributed by atoms with van der Waals surface area (Å²) in [6, 6.07) is 5.54. The summed E-state index contributed by atoms with van der Waals surface area (Å²) in [6.07, 6.45) is 3.76. The Labute approximate surface area is 134 Å². The maximum atomic E-state index is 11.4. The van der Waals surface area contributed by atoms with Crippen LogP contribution in [0, 0.1) is 3.57 Å². The van der Waals surface area contributed by atoms with Crippen molar-refractivity contribution >= 4 is 40.2 Å². The van der Waals surface area contributed by atoms with Crippen molar-refractivity contribution in [3.05, 3.63) is 43.7 Å². The van der Waals surface area contributed by atoms with E-state index in [4.69, 9.17) is 11.6 Å². The summed E-state index contributed by atoms with van der Waals surface area (Å²) >= 11 is 8.17. The van der Waals surface area contributed by atoms with Crippen molar-refractivity contribution in [1.82, 2.24) is 9.78 Å². The first-order valence-electron chi connectivity index (χ1n) is 6.37. The molecule has 4 nitrogen and oxygen atoms in total. The molecule has 0 aliphatic heterocycles. The number of nitrogens with zero attached hydrogens (tertiary/aromatic N) is 2. The predicted octanol–water partition coefficient (Wildman–Crippen LogP) is 3.71. The number of carbonyl (C=O) groups is 1. The van der Waals surface area contributed by atoms with Gasteiger partial charge >= 0.3 is 5.97 Å². The lowest BCUT2D eigenvalue weighted by Gasteiger charge is -2.14. The molecule has 0 saturated carbocycles. The number of benzene rings is 1. The summed E-state index contributed by atoms with van der Waals surface area (Å²) in [6.45, 7) is 0. The molecule has 3 rings (SSSR count). The van der Waals surface area contributed by atoms with E-state index in [0.717, 1.165) is 46.2 Å². The SMILES string of the molecule is O=C(O)c1nn(-c2ccc(Cl)cc2I)c2c1CCCC2. The monoisotopic (exact) mass is 402 g/mol.